The van der Waals surface area contributed by atoms with E-state index in [4.69, 9.17) is 9.84 Å². The molecule has 0 atom stereocenters. The zero-order valence-corrected chi connectivity index (χ0v) is 6.93. The molecule has 1 rings (SSSR count). The fraction of sp³-hybridized carbons (Fsp3) is 0.286. The molecule has 6 nitrogen and oxygen atoms in total. The summed E-state index contributed by atoms with van der Waals surface area (Å²) in [5.74, 6) is -1.14. The van der Waals surface area contributed by atoms with Crippen LogP contribution in [-0.2, 0) is 11.8 Å². The van der Waals surface area contributed by atoms with E-state index in [-0.39, 0.29) is 5.75 Å². The summed E-state index contributed by atoms with van der Waals surface area (Å²) in [5.41, 5.74) is -0.455. The Balaban J connectivity index is 2.84. The number of carbonyl (C=O) groups is 1. The topological polar surface area (TPSA) is 81.4 Å². The lowest BCUT2D eigenvalue weighted by Gasteiger charge is -2.02. The molecule has 0 spiro atoms. The minimum absolute atomic E-state index is 0.0140. The number of carboxylic acids is 1. The molecule has 0 saturated carbocycles. The van der Waals surface area contributed by atoms with Gasteiger partial charge in [-0.15, -0.1) is 0 Å². The monoisotopic (exact) mass is 184 g/mol. The van der Waals surface area contributed by atoms with Crippen LogP contribution in [0.15, 0.2) is 17.1 Å². The molecule has 0 fully saturated rings. The number of aliphatic carboxylic acids is 1. The third-order valence-corrected chi connectivity index (χ3v) is 1.32. The van der Waals surface area contributed by atoms with Gasteiger partial charge in [-0.2, -0.15) is 5.10 Å². The third kappa shape index (κ3) is 2.29. The second kappa shape index (κ2) is 3.70. The van der Waals surface area contributed by atoms with Gasteiger partial charge < -0.3 is 9.84 Å². The molecule has 70 valence electrons. The minimum Gasteiger partial charge on any atom is -0.479 e. The van der Waals surface area contributed by atoms with E-state index in [9.17, 15) is 9.59 Å². The van der Waals surface area contributed by atoms with Gasteiger partial charge in [0.15, 0.2) is 12.4 Å². The van der Waals surface area contributed by atoms with Gasteiger partial charge >= 0.3 is 11.5 Å². The Labute approximate surface area is 73.4 Å². The van der Waals surface area contributed by atoms with E-state index in [1.807, 2.05) is 0 Å². The first kappa shape index (κ1) is 9.24. The van der Waals surface area contributed by atoms with Crippen molar-refractivity contribution in [3.63, 3.8) is 0 Å². The Bertz CT molecular complexity index is 371. The lowest BCUT2D eigenvalue weighted by Crippen LogP contribution is -2.22. The maximum absolute atomic E-state index is 11.2. The number of rotatable bonds is 3. The molecule has 1 aromatic heterocycles. The molecule has 0 amide bonds. The summed E-state index contributed by atoms with van der Waals surface area (Å²) in [5, 5.41) is 11.9. The summed E-state index contributed by atoms with van der Waals surface area (Å²) in [4.78, 5) is 21.3. The molecule has 1 aromatic rings. The minimum atomic E-state index is -1.13. The van der Waals surface area contributed by atoms with Crippen LogP contribution in [0, 0.1) is 0 Å². The number of nitrogens with zero attached hydrogens (tertiary/aromatic N) is 2. The summed E-state index contributed by atoms with van der Waals surface area (Å²) < 4.78 is 5.77. The van der Waals surface area contributed by atoms with Gasteiger partial charge in [0.25, 0.3) is 0 Å². The summed E-state index contributed by atoms with van der Waals surface area (Å²) in [6, 6.07) is 1.32. The summed E-state index contributed by atoms with van der Waals surface area (Å²) in [6.45, 7) is -0.529. The first-order chi connectivity index (χ1) is 6.11. The van der Waals surface area contributed by atoms with Crippen LogP contribution in [0.3, 0.4) is 0 Å². The molecule has 0 bridgehead atoms. The average Bonchev–Trinajstić information content (AvgIpc) is 2.07. The summed E-state index contributed by atoms with van der Waals surface area (Å²) >= 11 is 0. The van der Waals surface area contributed by atoms with Crippen molar-refractivity contribution < 1.29 is 14.6 Å². The zero-order valence-electron chi connectivity index (χ0n) is 6.93. The molecule has 0 aromatic carbocycles. The normalized spacial score (nSPS) is 9.62. The van der Waals surface area contributed by atoms with Crippen molar-refractivity contribution in [2.24, 2.45) is 7.05 Å². The van der Waals surface area contributed by atoms with Gasteiger partial charge in [0.05, 0.1) is 6.20 Å². The Kier molecular flexibility index (Phi) is 2.63. The first-order valence-corrected chi connectivity index (χ1v) is 3.48. The van der Waals surface area contributed by atoms with Crippen LogP contribution in [0.4, 0.5) is 0 Å². The Morgan fingerprint density at radius 3 is 3.08 bits per heavy atom. The standard InChI is InChI=1S/C7H8N2O4/c1-9-7(12)5(2-3-8-9)13-4-6(10)11/h2-3H,4H2,1H3,(H,10,11). The fourth-order valence-electron chi connectivity index (χ4n) is 0.734. The molecular weight excluding hydrogens is 176 g/mol. The van der Waals surface area contributed by atoms with Gasteiger partial charge in [-0.05, 0) is 0 Å². The van der Waals surface area contributed by atoms with Gasteiger partial charge in [0.1, 0.15) is 0 Å². The van der Waals surface area contributed by atoms with Crippen LogP contribution in [0.1, 0.15) is 0 Å². The number of hydrogen-bond donors (Lipinski definition) is 1. The maximum atomic E-state index is 11.2. The van der Waals surface area contributed by atoms with E-state index in [0.717, 1.165) is 4.68 Å². The lowest BCUT2D eigenvalue weighted by molar-refractivity contribution is -0.139. The highest BCUT2D eigenvalue weighted by Crippen LogP contribution is 1.98. The summed E-state index contributed by atoms with van der Waals surface area (Å²) in [6.07, 6.45) is 1.36. The number of ether oxygens (including phenoxy) is 1. The van der Waals surface area contributed by atoms with E-state index in [1.165, 1.54) is 19.3 Å². The van der Waals surface area contributed by atoms with Gasteiger partial charge in [-0.25, -0.2) is 9.48 Å². The maximum Gasteiger partial charge on any atom is 0.341 e. The quantitative estimate of drug-likeness (QED) is 0.668. The van der Waals surface area contributed by atoms with Crippen LogP contribution in [0.5, 0.6) is 5.75 Å². The molecule has 0 aliphatic heterocycles. The van der Waals surface area contributed by atoms with Gasteiger partial charge in [0, 0.05) is 13.1 Å². The molecule has 1 N–H and O–H groups in total. The smallest absolute Gasteiger partial charge is 0.341 e. The highest BCUT2D eigenvalue weighted by atomic mass is 16.5. The van der Waals surface area contributed by atoms with Crippen molar-refractivity contribution in [2.75, 3.05) is 6.61 Å². The lowest BCUT2D eigenvalue weighted by atomic mass is 10.5. The summed E-state index contributed by atoms with van der Waals surface area (Å²) in [7, 11) is 1.45. The molecule has 0 aliphatic rings. The number of aromatic nitrogens is 2. The second-order valence-corrected chi connectivity index (χ2v) is 2.31. The zero-order chi connectivity index (χ0) is 9.84. The number of hydrogen-bond acceptors (Lipinski definition) is 4. The van der Waals surface area contributed by atoms with E-state index in [0.29, 0.717) is 0 Å². The van der Waals surface area contributed by atoms with Crippen molar-refractivity contribution in [1.82, 2.24) is 9.78 Å². The molecule has 0 radical (unpaired) electrons. The Morgan fingerprint density at radius 1 is 1.77 bits per heavy atom. The Hall–Kier alpha value is -1.85. The largest absolute Gasteiger partial charge is 0.479 e. The van der Waals surface area contributed by atoms with E-state index in [1.54, 1.807) is 0 Å². The van der Waals surface area contributed by atoms with Crippen LogP contribution >= 0.6 is 0 Å². The molecule has 1 heterocycles. The fourth-order valence-corrected chi connectivity index (χ4v) is 0.734. The van der Waals surface area contributed by atoms with Crippen molar-refractivity contribution in [3.05, 3.63) is 22.6 Å². The van der Waals surface area contributed by atoms with Crippen LogP contribution in [0.2, 0.25) is 0 Å². The Morgan fingerprint density at radius 2 is 2.46 bits per heavy atom. The molecule has 6 heteroatoms. The van der Waals surface area contributed by atoms with Crippen LogP contribution < -0.4 is 10.3 Å². The highest BCUT2D eigenvalue weighted by molar-refractivity contribution is 5.68. The SMILES string of the molecule is Cn1nccc(OCC(=O)O)c1=O. The number of aryl methyl sites for hydroxylation is 1. The average molecular weight is 184 g/mol. The predicted molar refractivity (Wildman–Crippen MR) is 42.6 cm³/mol. The van der Waals surface area contributed by atoms with E-state index in [2.05, 4.69) is 5.10 Å². The predicted octanol–water partition coefficient (Wildman–Crippen LogP) is -0.756. The molecular formula is C7H8N2O4. The van der Waals surface area contributed by atoms with Crippen molar-refractivity contribution in [1.29, 1.82) is 0 Å². The number of carboxylic acid groups (broad SMARTS) is 1. The van der Waals surface area contributed by atoms with Crippen molar-refractivity contribution in [3.8, 4) is 5.75 Å². The molecule has 13 heavy (non-hydrogen) atoms. The molecule has 0 saturated heterocycles. The van der Waals surface area contributed by atoms with E-state index < -0.39 is 18.1 Å². The second-order valence-electron chi connectivity index (χ2n) is 2.31. The van der Waals surface area contributed by atoms with Gasteiger partial charge in [-0.1, -0.05) is 0 Å². The van der Waals surface area contributed by atoms with Crippen LogP contribution in [0.25, 0.3) is 0 Å². The third-order valence-electron chi connectivity index (χ3n) is 1.32. The highest BCUT2D eigenvalue weighted by Gasteiger charge is 2.04. The van der Waals surface area contributed by atoms with Crippen molar-refractivity contribution >= 4 is 5.97 Å². The van der Waals surface area contributed by atoms with Crippen molar-refractivity contribution in [2.45, 2.75) is 0 Å². The van der Waals surface area contributed by atoms with Gasteiger partial charge in [-0.3, -0.25) is 4.79 Å². The first-order valence-electron chi connectivity index (χ1n) is 3.48. The van der Waals surface area contributed by atoms with Crippen LogP contribution in [-0.4, -0.2) is 27.5 Å². The molecule has 0 unspecified atom stereocenters. The van der Waals surface area contributed by atoms with Gasteiger partial charge in [0.2, 0.25) is 0 Å². The molecule has 0 aliphatic carbocycles. The van der Waals surface area contributed by atoms with E-state index >= 15 is 0 Å².